The van der Waals surface area contributed by atoms with Gasteiger partial charge in [-0.05, 0) is 41.8 Å². The van der Waals surface area contributed by atoms with Crippen molar-refractivity contribution in [3.8, 4) is 23.0 Å². The van der Waals surface area contributed by atoms with Gasteiger partial charge in [0, 0.05) is 49.8 Å². The first-order valence-electron chi connectivity index (χ1n) is 21.3. The lowest BCUT2D eigenvalue weighted by Gasteiger charge is -2.43. The highest BCUT2D eigenvalue weighted by molar-refractivity contribution is 6.31. The molecule has 342 valence electrons. The Morgan fingerprint density at radius 2 is 1.35 bits per heavy atom. The summed E-state index contributed by atoms with van der Waals surface area (Å²) in [5, 5.41) is 37.1. The first kappa shape index (κ1) is 45.7. The summed E-state index contributed by atoms with van der Waals surface area (Å²) in [5.74, 6) is -4.67. The third-order valence-corrected chi connectivity index (χ3v) is 12.4. The number of rotatable bonds is 13. The Morgan fingerprint density at radius 1 is 0.742 bits per heavy atom. The molecule has 0 bridgehead atoms. The highest BCUT2D eigenvalue weighted by atomic mass is 16.7. The van der Waals surface area contributed by atoms with Gasteiger partial charge in [-0.15, -0.1) is 0 Å². The van der Waals surface area contributed by atoms with Gasteiger partial charge in [0.1, 0.15) is 46.9 Å². The number of aromatic hydroxyl groups is 2. The summed E-state index contributed by atoms with van der Waals surface area (Å²) in [6.45, 7) is 3.22. The van der Waals surface area contributed by atoms with Gasteiger partial charge in [-0.3, -0.25) is 24.0 Å². The Hall–Kier alpha value is -6.91. The number of hydrogen-bond donors (Lipinski definition) is 3. The van der Waals surface area contributed by atoms with E-state index in [0.717, 1.165) is 0 Å². The van der Waals surface area contributed by atoms with Gasteiger partial charge in [-0.1, -0.05) is 84.9 Å². The molecular weight excluding hydrogens is 853 g/mol. The van der Waals surface area contributed by atoms with Crippen LogP contribution in [0.1, 0.15) is 99.4 Å². The zero-order chi connectivity index (χ0) is 47.1. The summed E-state index contributed by atoms with van der Waals surface area (Å²) in [6.07, 6.45) is -7.33. The lowest BCUT2D eigenvalue weighted by Crippen LogP contribution is -2.52. The fourth-order valence-corrected chi connectivity index (χ4v) is 9.44. The fourth-order valence-electron chi connectivity index (χ4n) is 9.44. The quantitative estimate of drug-likeness (QED) is 0.0669. The summed E-state index contributed by atoms with van der Waals surface area (Å²) < 4.78 is 41.3. The molecule has 0 aromatic heterocycles. The number of carbonyl (C=O) groups is 5. The van der Waals surface area contributed by atoms with E-state index in [1.807, 2.05) is 72.8 Å². The van der Waals surface area contributed by atoms with Crippen LogP contribution in [0, 0.1) is 0 Å². The number of carbonyl (C=O) groups excluding carboxylic acids is 5. The third kappa shape index (κ3) is 8.08. The summed E-state index contributed by atoms with van der Waals surface area (Å²) >= 11 is 0. The molecule has 1 heterocycles. The van der Waals surface area contributed by atoms with Crippen molar-refractivity contribution in [3.63, 3.8) is 0 Å². The molecule has 1 saturated heterocycles. The van der Waals surface area contributed by atoms with Crippen LogP contribution in [-0.4, -0.2) is 95.6 Å². The van der Waals surface area contributed by atoms with Crippen molar-refractivity contribution in [2.75, 3.05) is 20.8 Å². The lowest BCUT2D eigenvalue weighted by atomic mass is 9.71. The van der Waals surface area contributed by atoms with Gasteiger partial charge in [0.25, 0.3) is 0 Å². The van der Waals surface area contributed by atoms with Crippen molar-refractivity contribution in [2.45, 2.75) is 81.9 Å². The van der Waals surface area contributed by atoms with Gasteiger partial charge in [0.2, 0.25) is 5.78 Å². The Balaban J connectivity index is 1.23. The van der Waals surface area contributed by atoms with Crippen LogP contribution >= 0.6 is 0 Å². The van der Waals surface area contributed by atoms with Crippen molar-refractivity contribution < 1.29 is 72.5 Å². The smallest absolute Gasteiger partial charge is 0.303 e. The molecule has 1 aliphatic heterocycles. The predicted octanol–water partition coefficient (Wildman–Crippen LogP) is 6.20. The third-order valence-electron chi connectivity index (χ3n) is 12.4. The molecule has 2 aliphatic carbocycles. The molecule has 15 heteroatoms. The molecule has 3 aliphatic rings. The van der Waals surface area contributed by atoms with Crippen molar-refractivity contribution in [1.29, 1.82) is 0 Å². The molecule has 6 unspecified atom stereocenters. The lowest BCUT2D eigenvalue weighted by molar-refractivity contribution is -0.272. The van der Waals surface area contributed by atoms with Crippen molar-refractivity contribution in [3.05, 3.63) is 153 Å². The minimum atomic E-state index is -2.42. The van der Waals surface area contributed by atoms with Gasteiger partial charge in [-0.2, -0.15) is 0 Å². The second kappa shape index (κ2) is 18.2. The largest absolute Gasteiger partial charge is 0.507 e. The van der Waals surface area contributed by atoms with Gasteiger partial charge >= 0.3 is 11.9 Å². The van der Waals surface area contributed by atoms with Crippen molar-refractivity contribution in [1.82, 2.24) is 0 Å². The first-order chi connectivity index (χ1) is 31.6. The second-order valence-corrected chi connectivity index (χ2v) is 16.5. The molecule has 0 radical (unpaired) electrons. The van der Waals surface area contributed by atoms with Crippen molar-refractivity contribution in [2.24, 2.45) is 0 Å². The number of fused-ring (bicyclic) bond motifs is 3. The molecule has 0 spiro atoms. The molecule has 66 heavy (non-hydrogen) atoms. The zero-order valence-electron chi connectivity index (χ0n) is 36.8. The summed E-state index contributed by atoms with van der Waals surface area (Å²) in [4.78, 5) is 67.8. The number of benzene rings is 5. The van der Waals surface area contributed by atoms with E-state index in [9.17, 15) is 39.3 Å². The number of Topliss-reactive ketones (excluding diaryl/α,β-unsaturated/α-hetero) is 1. The fraction of sp³-hybridized carbons (Fsp3) is 0.314. The molecule has 0 saturated carbocycles. The average Bonchev–Trinajstić information content (AvgIpc) is 3.30. The van der Waals surface area contributed by atoms with E-state index < -0.39 is 113 Å². The molecule has 3 N–H and O–H groups in total. The van der Waals surface area contributed by atoms with Crippen LogP contribution in [0.3, 0.4) is 0 Å². The van der Waals surface area contributed by atoms with Crippen molar-refractivity contribution >= 4 is 29.3 Å². The summed E-state index contributed by atoms with van der Waals surface area (Å²) in [7, 11) is 2.86. The Bertz CT molecular complexity index is 2660. The number of phenols is 2. The normalized spacial score (nSPS) is 22.3. The predicted molar refractivity (Wildman–Crippen MR) is 234 cm³/mol. The van der Waals surface area contributed by atoms with E-state index >= 15 is 0 Å². The van der Waals surface area contributed by atoms with Crippen LogP contribution in [-0.2, 0) is 50.1 Å². The Labute approximate surface area is 379 Å². The SMILES string of the molecule is COc1ccc(C(OCC(=O)C2(O)Cc3c(O)c4c(c(O)c3C(OC3CC(OC(C)=O)C(OC(C)=O)C(C)O3)C2)C(=O)c2c(OC)cccc2C4=O)(c2ccccc2)c2ccccc2)cc1. The maximum absolute atomic E-state index is 14.9. The average molecular weight is 901 g/mol. The van der Waals surface area contributed by atoms with Gasteiger partial charge in [0.15, 0.2) is 24.0 Å². The zero-order valence-corrected chi connectivity index (χ0v) is 36.8. The van der Waals surface area contributed by atoms with Gasteiger partial charge in [-0.25, -0.2) is 0 Å². The van der Waals surface area contributed by atoms with Gasteiger partial charge in [0.05, 0.1) is 43.1 Å². The minimum Gasteiger partial charge on any atom is -0.507 e. The molecule has 0 amide bonds. The molecule has 1 fully saturated rings. The molecule has 5 aromatic rings. The number of ketones is 3. The standard InChI is InChI=1S/C51H48O15/c1-27-49(65-29(3)53)37(64-28(2)52)23-40(63-27)66-38-25-50(59,24-35-42(38)48(58)44-43(46(35)56)45(55)34-17-12-18-36(61-5)41(34)47(44)57)39(54)26-62-51(30-13-8-6-9-14-30,31-15-10-7-11-16-31)32-19-21-33(60-4)22-20-32/h6-22,27,37-38,40,49,56,58-59H,23-26H2,1-5H3. The second-order valence-electron chi connectivity index (χ2n) is 16.5. The van der Waals surface area contributed by atoms with Crippen LogP contribution < -0.4 is 9.47 Å². The number of hydrogen-bond acceptors (Lipinski definition) is 15. The van der Waals surface area contributed by atoms with Crippen LogP contribution in [0.4, 0.5) is 0 Å². The van der Waals surface area contributed by atoms with E-state index in [0.29, 0.717) is 22.4 Å². The molecule has 15 nitrogen and oxygen atoms in total. The topological polar surface area (TPSA) is 211 Å². The van der Waals surface area contributed by atoms with Crippen LogP contribution in [0.15, 0.2) is 103 Å². The number of methoxy groups -OCH3 is 2. The first-order valence-corrected chi connectivity index (χ1v) is 21.3. The summed E-state index contributed by atoms with van der Waals surface area (Å²) in [6, 6.07) is 30.0. The van der Waals surface area contributed by atoms with E-state index in [-0.39, 0.29) is 34.4 Å². The van der Waals surface area contributed by atoms with E-state index in [1.165, 1.54) is 39.2 Å². The Kier molecular flexibility index (Phi) is 12.6. The monoisotopic (exact) mass is 900 g/mol. The molecule has 5 aromatic carbocycles. The maximum atomic E-state index is 14.9. The van der Waals surface area contributed by atoms with E-state index in [4.69, 9.17) is 33.2 Å². The number of aliphatic hydroxyl groups is 1. The molecular formula is C51H48O15. The molecule has 8 rings (SSSR count). The Morgan fingerprint density at radius 3 is 1.94 bits per heavy atom. The maximum Gasteiger partial charge on any atom is 0.303 e. The number of phenolic OH excluding ortho intramolecular Hbond substituents is 2. The highest BCUT2D eigenvalue weighted by Gasteiger charge is 2.52. The molecule has 6 atom stereocenters. The van der Waals surface area contributed by atoms with Crippen LogP contribution in [0.2, 0.25) is 0 Å². The highest BCUT2D eigenvalue weighted by Crippen LogP contribution is 2.53. The summed E-state index contributed by atoms with van der Waals surface area (Å²) in [5.41, 5.74) is -3.62. The minimum absolute atomic E-state index is 0.0565. The number of esters is 2. The number of ether oxygens (including phenoxy) is 7. The van der Waals surface area contributed by atoms with Gasteiger partial charge < -0.3 is 48.5 Å². The van der Waals surface area contributed by atoms with E-state index in [2.05, 4.69) is 0 Å². The van der Waals surface area contributed by atoms with Crippen LogP contribution in [0.25, 0.3) is 0 Å². The van der Waals surface area contributed by atoms with E-state index in [1.54, 1.807) is 26.2 Å². The van der Waals surface area contributed by atoms with Crippen LogP contribution in [0.5, 0.6) is 23.0 Å².